The third-order valence-corrected chi connectivity index (χ3v) is 2.06. The lowest BCUT2D eigenvalue weighted by molar-refractivity contribution is -0.129. The molecule has 12 heavy (non-hydrogen) atoms. The van der Waals surface area contributed by atoms with Crippen molar-refractivity contribution in [3.63, 3.8) is 0 Å². The second-order valence-corrected chi connectivity index (χ2v) is 2.85. The molecule has 1 saturated heterocycles. The van der Waals surface area contributed by atoms with Crippen LogP contribution in [0.25, 0.3) is 0 Å². The number of nitrogens with two attached hydrogens (primary N) is 1. The van der Waals surface area contributed by atoms with Crippen LogP contribution in [-0.2, 0) is 9.53 Å². The zero-order valence-corrected chi connectivity index (χ0v) is 7.95. The smallest absolute Gasteiger partial charge is 0.240 e. The quantitative estimate of drug-likeness (QED) is 0.601. The molecule has 1 aliphatic rings. The van der Waals surface area contributed by atoms with E-state index in [9.17, 15) is 4.79 Å². The van der Waals surface area contributed by atoms with Crippen LogP contribution < -0.4 is 11.1 Å². The van der Waals surface area contributed by atoms with Crippen molar-refractivity contribution in [1.29, 1.82) is 0 Å². The van der Waals surface area contributed by atoms with Gasteiger partial charge in [-0.2, -0.15) is 0 Å². The molecule has 0 bridgehead atoms. The standard InChI is InChI=1S/C7H14N2O2.ClH/c1-9-6(10)7(8)2-4-11-5-3-7;/h2-5,8H2,1H3,(H,9,10);1H. The van der Waals surface area contributed by atoms with Crippen LogP contribution in [0, 0.1) is 0 Å². The summed E-state index contributed by atoms with van der Waals surface area (Å²) in [7, 11) is 1.60. The van der Waals surface area contributed by atoms with Gasteiger partial charge in [-0.05, 0) is 12.8 Å². The molecule has 0 aromatic heterocycles. The van der Waals surface area contributed by atoms with Gasteiger partial charge in [-0.15, -0.1) is 12.4 Å². The van der Waals surface area contributed by atoms with Crippen LogP contribution in [0.15, 0.2) is 0 Å². The number of carbonyl (C=O) groups excluding carboxylic acids is 1. The van der Waals surface area contributed by atoms with Crippen molar-refractivity contribution in [3.8, 4) is 0 Å². The molecule has 1 aliphatic heterocycles. The number of carbonyl (C=O) groups is 1. The second kappa shape index (κ2) is 4.64. The van der Waals surface area contributed by atoms with Crippen LogP contribution in [0.5, 0.6) is 0 Å². The van der Waals surface area contributed by atoms with E-state index >= 15 is 0 Å². The van der Waals surface area contributed by atoms with Crippen molar-refractivity contribution < 1.29 is 9.53 Å². The predicted octanol–water partition coefficient (Wildman–Crippen LogP) is -0.338. The van der Waals surface area contributed by atoms with Crippen LogP contribution in [0.2, 0.25) is 0 Å². The number of rotatable bonds is 1. The van der Waals surface area contributed by atoms with Gasteiger partial charge in [-0.3, -0.25) is 4.79 Å². The van der Waals surface area contributed by atoms with Gasteiger partial charge in [-0.25, -0.2) is 0 Å². The lowest BCUT2D eigenvalue weighted by Gasteiger charge is -2.31. The van der Waals surface area contributed by atoms with Gasteiger partial charge < -0.3 is 15.8 Å². The van der Waals surface area contributed by atoms with Gasteiger partial charge in [0.1, 0.15) is 0 Å². The molecular formula is C7H15ClN2O2. The molecule has 0 atom stereocenters. The van der Waals surface area contributed by atoms with Gasteiger partial charge in [0.25, 0.3) is 0 Å². The molecule has 0 aromatic rings. The van der Waals surface area contributed by atoms with Crippen molar-refractivity contribution in [3.05, 3.63) is 0 Å². The Bertz CT molecular complexity index is 157. The maximum atomic E-state index is 11.2. The molecule has 0 saturated carbocycles. The second-order valence-electron chi connectivity index (χ2n) is 2.85. The summed E-state index contributed by atoms with van der Waals surface area (Å²) >= 11 is 0. The lowest BCUT2D eigenvalue weighted by atomic mass is 9.90. The zero-order valence-electron chi connectivity index (χ0n) is 7.13. The van der Waals surface area contributed by atoms with Crippen LogP contribution in [0.4, 0.5) is 0 Å². The molecule has 3 N–H and O–H groups in total. The maximum Gasteiger partial charge on any atom is 0.240 e. The van der Waals surface area contributed by atoms with Crippen molar-refractivity contribution in [2.45, 2.75) is 18.4 Å². The largest absolute Gasteiger partial charge is 0.381 e. The lowest BCUT2D eigenvalue weighted by Crippen LogP contribution is -2.56. The van der Waals surface area contributed by atoms with E-state index in [0.717, 1.165) is 0 Å². The van der Waals surface area contributed by atoms with E-state index in [1.807, 2.05) is 0 Å². The predicted molar refractivity (Wildman–Crippen MR) is 48.3 cm³/mol. The highest BCUT2D eigenvalue weighted by atomic mass is 35.5. The molecular weight excluding hydrogens is 180 g/mol. The van der Waals surface area contributed by atoms with E-state index in [-0.39, 0.29) is 18.3 Å². The first-order chi connectivity index (χ1) is 5.19. The highest BCUT2D eigenvalue weighted by Crippen LogP contribution is 2.17. The Hall–Kier alpha value is -0.320. The molecule has 72 valence electrons. The summed E-state index contributed by atoms with van der Waals surface area (Å²) in [4.78, 5) is 11.2. The molecule has 0 unspecified atom stereocenters. The summed E-state index contributed by atoms with van der Waals surface area (Å²) < 4.78 is 5.10. The van der Waals surface area contributed by atoms with Gasteiger partial charge in [0, 0.05) is 20.3 Å². The van der Waals surface area contributed by atoms with Crippen LogP contribution >= 0.6 is 12.4 Å². The van der Waals surface area contributed by atoms with Gasteiger partial charge in [0.15, 0.2) is 0 Å². The summed E-state index contributed by atoms with van der Waals surface area (Å²) in [6.45, 7) is 1.17. The van der Waals surface area contributed by atoms with Crippen molar-refractivity contribution in [2.24, 2.45) is 5.73 Å². The van der Waals surface area contributed by atoms with E-state index in [1.54, 1.807) is 7.05 Å². The third kappa shape index (κ3) is 2.33. The SMILES string of the molecule is CNC(=O)C1(N)CCOCC1.Cl. The Labute approximate surface area is 78.2 Å². The maximum absolute atomic E-state index is 11.2. The first kappa shape index (κ1) is 11.7. The van der Waals surface area contributed by atoms with Gasteiger partial charge in [0.2, 0.25) is 5.91 Å². The third-order valence-electron chi connectivity index (χ3n) is 2.06. The van der Waals surface area contributed by atoms with E-state index in [2.05, 4.69) is 5.32 Å². The minimum atomic E-state index is -0.687. The summed E-state index contributed by atoms with van der Waals surface area (Å²) in [5.41, 5.74) is 5.13. The zero-order chi connectivity index (χ0) is 8.32. The normalized spacial score (nSPS) is 20.8. The highest BCUT2D eigenvalue weighted by molar-refractivity contribution is 5.86. The molecule has 0 aromatic carbocycles. The number of halogens is 1. The molecule has 0 spiro atoms. The molecule has 4 nitrogen and oxygen atoms in total. The molecule has 1 amide bonds. The summed E-state index contributed by atoms with van der Waals surface area (Å²) in [6, 6.07) is 0. The average molecular weight is 195 g/mol. The van der Waals surface area contributed by atoms with E-state index < -0.39 is 5.54 Å². The first-order valence-electron chi connectivity index (χ1n) is 3.78. The van der Waals surface area contributed by atoms with E-state index in [4.69, 9.17) is 10.5 Å². The summed E-state index contributed by atoms with van der Waals surface area (Å²) in [5, 5.41) is 2.56. The molecule has 1 rings (SSSR count). The Morgan fingerprint density at radius 1 is 1.50 bits per heavy atom. The van der Waals surface area contributed by atoms with Gasteiger partial charge >= 0.3 is 0 Å². The van der Waals surface area contributed by atoms with Crippen molar-refractivity contribution in [1.82, 2.24) is 5.32 Å². The van der Waals surface area contributed by atoms with Crippen LogP contribution in [0.3, 0.4) is 0 Å². The van der Waals surface area contributed by atoms with Gasteiger partial charge in [0.05, 0.1) is 5.54 Å². The Kier molecular flexibility index (Phi) is 4.52. The number of likely N-dealkylation sites (N-methyl/N-ethyl adjacent to an activating group) is 1. The Morgan fingerprint density at radius 3 is 2.42 bits per heavy atom. The topological polar surface area (TPSA) is 64.4 Å². The highest BCUT2D eigenvalue weighted by Gasteiger charge is 2.34. The first-order valence-corrected chi connectivity index (χ1v) is 3.78. The summed E-state index contributed by atoms with van der Waals surface area (Å²) in [6.07, 6.45) is 1.24. The fraction of sp³-hybridized carbons (Fsp3) is 0.857. The number of hydrogen-bond acceptors (Lipinski definition) is 3. The molecule has 1 heterocycles. The molecule has 5 heteroatoms. The summed E-state index contributed by atoms with van der Waals surface area (Å²) in [5.74, 6) is -0.0826. The molecule has 1 fully saturated rings. The number of amides is 1. The van der Waals surface area contributed by atoms with E-state index in [1.165, 1.54) is 0 Å². The number of nitrogens with one attached hydrogen (secondary N) is 1. The van der Waals surface area contributed by atoms with Crippen molar-refractivity contribution >= 4 is 18.3 Å². The minimum absolute atomic E-state index is 0. The molecule has 0 aliphatic carbocycles. The minimum Gasteiger partial charge on any atom is -0.381 e. The van der Waals surface area contributed by atoms with E-state index in [0.29, 0.717) is 26.1 Å². The van der Waals surface area contributed by atoms with Crippen molar-refractivity contribution in [2.75, 3.05) is 20.3 Å². The van der Waals surface area contributed by atoms with Crippen LogP contribution in [0.1, 0.15) is 12.8 Å². The average Bonchev–Trinajstić information content (AvgIpc) is 2.04. The van der Waals surface area contributed by atoms with Crippen LogP contribution in [-0.4, -0.2) is 31.7 Å². The Morgan fingerprint density at radius 2 is 2.00 bits per heavy atom. The number of hydrogen-bond donors (Lipinski definition) is 2. The molecule has 0 radical (unpaired) electrons. The fourth-order valence-electron chi connectivity index (χ4n) is 1.21. The monoisotopic (exact) mass is 194 g/mol. The number of ether oxygens (including phenoxy) is 1. The van der Waals surface area contributed by atoms with Gasteiger partial charge in [-0.1, -0.05) is 0 Å². The Balaban J connectivity index is 0.00000121. The fourth-order valence-corrected chi connectivity index (χ4v) is 1.21.